The summed E-state index contributed by atoms with van der Waals surface area (Å²) in [5, 5.41) is 0. The van der Waals surface area contributed by atoms with Crippen molar-refractivity contribution < 1.29 is 0 Å². The lowest BCUT2D eigenvalue weighted by atomic mass is 10.1. The minimum atomic E-state index is 0.829. The predicted octanol–water partition coefficient (Wildman–Crippen LogP) is 3.21. The Morgan fingerprint density at radius 1 is 1.06 bits per heavy atom. The zero-order chi connectivity index (χ0) is 12.3. The van der Waals surface area contributed by atoms with Crippen LogP contribution in [0.1, 0.15) is 11.1 Å². The maximum absolute atomic E-state index is 5.95. The molecule has 2 aromatic rings. The van der Waals surface area contributed by atoms with Crippen LogP contribution in [0.25, 0.3) is 0 Å². The van der Waals surface area contributed by atoms with E-state index in [2.05, 4.69) is 49.2 Å². The van der Waals surface area contributed by atoms with E-state index in [1.165, 1.54) is 11.3 Å². The minimum Gasteiger partial charge on any atom is -0.398 e. The molecule has 0 unspecified atom stereocenters. The third kappa shape index (κ3) is 2.78. The molecule has 2 nitrogen and oxygen atoms in total. The third-order valence-electron chi connectivity index (χ3n) is 2.91. The van der Waals surface area contributed by atoms with E-state index in [9.17, 15) is 0 Å². The normalized spacial score (nSPS) is 10.2. The van der Waals surface area contributed by atoms with Crippen LogP contribution in [0.4, 0.5) is 11.4 Å². The molecule has 0 aliphatic heterocycles. The molecule has 2 N–H and O–H groups in total. The van der Waals surface area contributed by atoms with Gasteiger partial charge < -0.3 is 10.6 Å². The van der Waals surface area contributed by atoms with Gasteiger partial charge in [0, 0.05) is 25.0 Å². The number of hydrogen-bond acceptors (Lipinski definition) is 2. The summed E-state index contributed by atoms with van der Waals surface area (Å²) < 4.78 is 0. The number of para-hydroxylation sites is 1. The summed E-state index contributed by atoms with van der Waals surface area (Å²) in [4.78, 5) is 2.21. The summed E-state index contributed by atoms with van der Waals surface area (Å²) in [5.74, 6) is 0. The van der Waals surface area contributed by atoms with E-state index in [4.69, 9.17) is 5.73 Å². The summed E-state index contributed by atoms with van der Waals surface area (Å²) in [6, 6.07) is 16.5. The van der Waals surface area contributed by atoms with E-state index in [-0.39, 0.29) is 0 Å². The van der Waals surface area contributed by atoms with Crippen LogP contribution in [0.3, 0.4) is 0 Å². The molecule has 0 aromatic heterocycles. The Hall–Kier alpha value is -1.96. The van der Waals surface area contributed by atoms with Gasteiger partial charge in [-0.1, -0.05) is 30.3 Å². The fraction of sp³-hybridized carbons (Fsp3) is 0.200. The van der Waals surface area contributed by atoms with Crippen molar-refractivity contribution >= 4 is 11.4 Å². The smallest absolute Gasteiger partial charge is 0.0446 e. The van der Waals surface area contributed by atoms with E-state index in [1.807, 2.05) is 18.2 Å². The highest BCUT2D eigenvalue weighted by molar-refractivity contribution is 5.52. The van der Waals surface area contributed by atoms with Gasteiger partial charge in [-0.15, -0.1) is 0 Å². The molecule has 0 radical (unpaired) electrons. The SMILES string of the molecule is Cc1cccc(N(C)Cc2ccccc2N)c1. The highest BCUT2D eigenvalue weighted by Gasteiger charge is 2.04. The number of rotatable bonds is 3. The molecule has 0 bridgehead atoms. The van der Waals surface area contributed by atoms with Gasteiger partial charge in [0.1, 0.15) is 0 Å². The Balaban J connectivity index is 2.17. The van der Waals surface area contributed by atoms with E-state index < -0.39 is 0 Å². The standard InChI is InChI=1S/C15H18N2/c1-12-6-5-8-14(10-12)17(2)11-13-7-3-4-9-15(13)16/h3-10H,11,16H2,1-2H3. The van der Waals surface area contributed by atoms with E-state index in [1.54, 1.807) is 0 Å². The minimum absolute atomic E-state index is 0.829. The Morgan fingerprint density at radius 2 is 1.82 bits per heavy atom. The van der Waals surface area contributed by atoms with Gasteiger partial charge in [0.15, 0.2) is 0 Å². The third-order valence-corrected chi connectivity index (χ3v) is 2.91. The fourth-order valence-electron chi connectivity index (χ4n) is 1.89. The molecule has 0 saturated heterocycles. The summed E-state index contributed by atoms with van der Waals surface area (Å²) in [6.07, 6.45) is 0. The van der Waals surface area contributed by atoms with Gasteiger partial charge in [0.05, 0.1) is 0 Å². The van der Waals surface area contributed by atoms with Crippen LogP contribution in [0.5, 0.6) is 0 Å². The van der Waals surface area contributed by atoms with Crippen LogP contribution in [0, 0.1) is 6.92 Å². The first kappa shape index (κ1) is 11.5. The Bertz CT molecular complexity index is 506. The van der Waals surface area contributed by atoms with Gasteiger partial charge in [0.2, 0.25) is 0 Å². The molecule has 2 heteroatoms. The number of anilines is 2. The maximum Gasteiger partial charge on any atom is 0.0446 e. The van der Waals surface area contributed by atoms with Gasteiger partial charge >= 0.3 is 0 Å². The van der Waals surface area contributed by atoms with Crippen LogP contribution in [0.2, 0.25) is 0 Å². The van der Waals surface area contributed by atoms with Crippen LogP contribution in [-0.4, -0.2) is 7.05 Å². The molecule has 0 atom stereocenters. The van der Waals surface area contributed by atoms with Gasteiger partial charge in [-0.3, -0.25) is 0 Å². The summed E-state index contributed by atoms with van der Waals surface area (Å²) >= 11 is 0. The van der Waals surface area contributed by atoms with Gasteiger partial charge in [-0.2, -0.15) is 0 Å². The second-order valence-corrected chi connectivity index (χ2v) is 4.39. The molecule has 0 aliphatic carbocycles. The first-order valence-corrected chi connectivity index (χ1v) is 5.78. The predicted molar refractivity (Wildman–Crippen MR) is 74.1 cm³/mol. The molecule has 0 aliphatic rings. The maximum atomic E-state index is 5.95. The highest BCUT2D eigenvalue weighted by atomic mass is 15.1. The van der Waals surface area contributed by atoms with E-state index >= 15 is 0 Å². The van der Waals surface area contributed by atoms with E-state index in [0.29, 0.717) is 0 Å². The van der Waals surface area contributed by atoms with Crippen molar-refractivity contribution in [1.29, 1.82) is 0 Å². The number of aryl methyl sites for hydroxylation is 1. The average Bonchev–Trinajstić information content (AvgIpc) is 2.32. The quantitative estimate of drug-likeness (QED) is 0.814. The van der Waals surface area contributed by atoms with Crippen LogP contribution >= 0.6 is 0 Å². The molecule has 17 heavy (non-hydrogen) atoms. The number of benzene rings is 2. The van der Waals surface area contributed by atoms with Crippen molar-refractivity contribution in [3.8, 4) is 0 Å². The number of nitrogens with two attached hydrogens (primary N) is 1. The van der Waals surface area contributed by atoms with Crippen LogP contribution in [-0.2, 0) is 6.54 Å². The topological polar surface area (TPSA) is 29.3 Å². The second kappa shape index (κ2) is 4.91. The van der Waals surface area contributed by atoms with Crippen molar-refractivity contribution in [3.05, 3.63) is 59.7 Å². The largest absolute Gasteiger partial charge is 0.398 e. The molecular formula is C15H18N2. The lowest BCUT2D eigenvalue weighted by Crippen LogP contribution is -2.17. The molecule has 88 valence electrons. The van der Waals surface area contributed by atoms with Crippen LogP contribution in [0.15, 0.2) is 48.5 Å². The van der Waals surface area contributed by atoms with Crippen molar-refractivity contribution in [3.63, 3.8) is 0 Å². The van der Waals surface area contributed by atoms with Crippen molar-refractivity contribution in [2.45, 2.75) is 13.5 Å². The number of nitrogens with zero attached hydrogens (tertiary/aromatic N) is 1. The first-order valence-electron chi connectivity index (χ1n) is 5.78. The fourth-order valence-corrected chi connectivity index (χ4v) is 1.89. The molecule has 0 amide bonds. The average molecular weight is 226 g/mol. The zero-order valence-corrected chi connectivity index (χ0v) is 10.4. The Morgan fingerprint density at radius 3 is 2.53 bits per heavy atom. The monoisotopic (exact) mass is 226 g/mol. The highest BCUT2D eigenvalue weighted by Crippen LogP contribution is 2.19. The summed E-state index contributed by atoms with van der Waals surface area (Å²) in [6.45, 7) is 2.93. The lowest BCUT2D eigenvalue weighted by molar-refractivity contribution is 0.924. The molecule has 0 spiro atoms. The van der Waals surface area contributed by atoms with Gasteiger partial charge in [-0.25, -0.2) is 0 Å². The van der Waals surface area contributed by atoms with Gasteiger partial charge in [0.25, 0.3) is 0 Å². The van der Waals surface area contributed by atoms with Crippen molar-refractivity contribution in [2.24, 2.45) is 0 Å². The molecule has 0 saturated carbocycles. The zero-order valence-electron chi connectivity index (χ0n) is 10.4. The molecular weight excluding hydrogens is 208 g/mol. The first-order chi connectivity index (χ1) is 8.16. The van der Waals surface area contributed by atoms with Gasteiger partial charge in [-0.05, 0) is 36.2 Å². The molecule has 0 fully saturated rings. The van der Waals surface area contributed by atoms with Crippen molar-refractivity contribution in [2.75, 3.05) is 17.7 Å². The summed E-state index contributed by atoms with van der Waals surface area (Å²) in [5.41, 5.74) is 10.5. The molecule has 0 heterocycles. The van der Waals surface area contributed by atoms with E-state index in [0.717, 1.165) is 17.8 Å². The lowest BCUT2D eigenvalue weighted by Gasteiger charge is -2.20. The Labute approximate surface area is 103 Å². The van der Waals surface area contributed by atoms with Crippen molar-refractivity contribution in [1.82, 2.24) is 0 Å². The second-order valence-electron chi connectivity index (χ2n) is 4.39. The molecule has 2 aromatic carbocycles. The number of nitrogen functional groups attached to an aromatic ring is 1. The molecule has 2 rings (SSSR count). The Kier molecular flexibility index (Phi) is 3.33. The number of hydrogen-bond donors (Lipinski definition) is 1. The van der Waals surface area contributed by atoms with Crippen LogP contribution < -0.4 is 10.6 Å². The summed E-state index contributed by atoms with van der Waals surface area (Å²) in [7, 11) is 2.08.